The van der Waals surface area contributed by atoms with Gasteiger partial charge >= 0.3 is 5.97 Å². The van der Waals surface area contributed by atoms with Gasteiger partial charge in [-0.15, -0.1) is 0 Å². The van der Waals surface area contributed by atoms with E-state index in [4.69, 9.17) is 9.47 Å². The largest absolute Gasteiger partial charge is 0.487 e. The summed E-state index contributed by atoms with van der Waals surface area (Å²) in [4.78, 5) is 11.6. The van der Waals surface area contributed by atoms with Crippen LogP contribution < -0.4 is 0 Å². The summed E-state index contributed by atoms with van der Waals surface area (Å²) < 4.78 is 10.3. The highest BCUT2D eigenvalue weighted by atomic mass is 16.6. The third-order valence-electron chi connectivity index (χ3n) is 2.04. The van der Waals surface area contributed by atoms with Gasteiger partial charge in [0.1, 0.15) is 0 Å². The van der Waals surface area contributed by atoms with Crippen LogP contribution in [0.4, 0.5) is 0 Å². The highest BCUT2D eigenvalue weighted by molar-refractivity contribution is 5.91. The molecule has 1 aromatic rings. The van der Waals surface area contributed by atoms with Gasteiger partial charge in [-0.3, -0.25) is 0 Å². The van der Waals surface area contributed by atoms with Gasteiger partial charge in [-0.1, -0.05) is 37.3 Å². The van der Waals surface area contributed by atoms with Crippen LogP contribution in [0.2, 0.25) is 0 Å². The van der Waals surface area contributed by atoms with Crippen LogP contribution in [0.3, 0.4) is 0 Å². The maximum atomic E-state index is 11.6. The lowest BCUT2D eigenvalue weighted by Crippen LogP contribution is -2.11. The molecule has 17 heavy (non-hydrogen) atoms. The zero-order valence-corrected chi connectivity index (χ0v) is 10.3. The quantitative estimate of drug-likeness (QED) is 0.431. The van der Waals surface area contributed by atoms with Crippen LogP contribution in [0.25, 0.3) is 6.08 Å². The van der Waals surface area contributed by atoms with Crippen LogP contribution >= 0.6 is 0 Å². The maximum absolute atomic E-state index is 11.6. The fourth-order valence-corrected chi connectivity index (χ4v) is 1.27. The highest BCUT2D eigenvalue weighted by Crippen LogP contribution is 2.10. The molecule has 0 saturated heterocycles. The van der Waals surface area contributed by atoms with Crippen molar-refractivity contribution in [2.24, 2.45) is 0 Å². The first-order chi connectivity index (χ1) is 8.27. The summed E-state index contributed by atoms with van der Waals surface area (Å²) in [7, 11) is 0. The van der Waals surface area contributed by atoms with E-state index >= 15 is 0 Å². The van der Waals surface area contributed by atoms with E-state index in [9.17, 15) is 4.79 Å². The number of esters is 1. The van der Waals surface area contributed by atoms with Crippen LogP contribution in [0.1, 0.15) is 25.8 Å². The Bertz CT molecular complexity index is 368. The molecule has 0 radical (unpaired) electrons. The number of ether oxygens (including phenoxy) is 2. The number of rotatable bonds is 6. The molecule has 0 N–H and O–H groups in total. The highest BCUT2D eigenvalue weighted by Gasteiger charge is 2.11. The van der Waals surface area contributed by atoms with Crippen LogP contribution in [0, 0.1) is 0 Å². The molecule has 0 atom stereocenters. The number of hydrogen-bond donors (Lipinski definition) is 0. The number of benzene rings is 1. The Balaban J connectivity index is 2.81. The monoisotopic (exact) mass is 234 g/mol. The lowest BCUT2D eigenvalue weighted by Gasteiger charge is -2.08. The molecular weight excluding hydrogens is 216 g/mol. The van der Waals surface area contributed by atoms with Crippen molar-refractivity contribution in [3.63, 3.8) is 0 Å². The summed E-state index contributed by atoms with van der Waals surface area (Å²) in [5.41, 5.74) is 0.923. The van der Waals surface area contributed by atoms with E-state index in [0.717, 1.165) is 12.0 Å². The third kappa shape index (κ3) is 4.72. The van der Waals surface area contributed by atoms with E-state index < -0.39 is 5.97 Å². The van der Waals surface area contributed by atoms with Crippen LogP contribution in [0.15, 0.2) is 36.1 Å². The number of hydrogen-bond acceptors (Lipinski definition) is 3. The standard InChI is InChI=1S/C14H18O3/c1-3-10-17-13(14(15)16-4-2)11-12-8-6-5-7-9-12/h5-9,11H,3-4,10H2,1-2H3/b13-11-. The predicted octanol–water partition coefficient (Wildman–Crippen LogP) is 3.02. The smallest absolute Gasteiger partial charge is 0.373 e. The predicted molar refractivity (Wildman–Crippen MR) is 67.3 cm³/mol. The van der Waals surface area contributed by atoms with Gasteiger partial charge in [0, 0.05) is 0 Å². The van der Waals surface area contributed by atoms with E-state index in [2.05, 4.69) is 0 Å². The molecule has 0 fully saturated rings. The molecule has 0 amide bonds. The molecule has 0 spiro atoms. The van der Waals surface area contributed by atoms with E-state index in [1.807, 2.05) is 37.3 Å². The molecule has 3 nitrogen and oxygen atoms in total. The molecule has 1 rings (SSSR count). The second-order valence-electron chi connectivity index (χ2n) is 3.49. The first kappa shape index (κ1) is 13.3. The van der Waals surface area contributed by atoms with Crippen molar-refractivity contribution in [1.82, 2.24) is 0 Å². The van der Waals surface area contributed by atoms with E-state index in [1.165, 1.54) is 0 Å². The Labute approximate surface area is 102 Å². The molecular formula is C14H18O3. The van der Waals surface area contributed by atoms with Crippen molar-refractivity contribution in [3.8, 4) is 0 Å². The zero-order chi connectivity index (χ0) is 12.5. The average Bonchev–Trinajstić information content (AvgIpc) is 2.36. The second kappa shape index (κ2) is 7.49. The Morgan fingerprint density at radius 3 is 2.47 bits per heavy atom. The van der Waals surface area contributed by atoms with E-state index in [-0.39, 0.29) is 5.76 Å². The molecule has 3 heteroatoms. The topological polar surface area (TPSA) is 35.5 Å². The fraction of sp³-hybridized carbons (Fsp3) is 0.357. The first-order valence-corrected chi connectivity index (χ1v) is 5.84. The van der Waals surface area contributed by atoms with Crippen LogP contribution in [-0.2, 0) is 14.3 Å². The average molecular weight is 234 g/mol. The molecule has 92 valence electrons. The molecule has 1 aromatic carbocycles. The van der Waals surface area contributed by atoms with Crippen molar-refractivity contribution in [3.05, 3.63) is 41.7 Å². The minimum atomic E-state index is -0.412. The Kier molecular flexibility index (Phi) is 5.86. The fourth-order valence-electron chi connectivity index (χ4n) is 1.27. The van der Waals surface area contributed by atoms with Gasteiger partial charge in [0.2, 0.25) is 5.76 Å². The summed E-state index contributed by atoms with van der Waals surface area (Å²) in [6.07, 6.45) is 2.55. The van der Waals surface area contributed by atoms with Gasteiger partial charge in [-0.05, 0) is 25.0 Å². The first-order valence-electron chi connectivity index (χ1n) is 5.84. The van der Waals surface area contributed by atoms with Crippen LogP contribution in [0.5, 0.6) is 0 Å². The van der Waals surface area contributed by atoms with Crippen LogP contribution in [-0.4, -0.2) is 19.2 Å². The van der Waals surface area contributed by atoms with Gasteiger partial charge in [0.15, 0.2) is 0 Å². The zero-order valence-electron chi connectivity index (χ0n) is 10.3. The summed E-state index contributed by atoms with van der Waals surface area (Å²) >= 11 is 0. The normalized spacial score (nSPS) is 11.1. The Hall–Kier alpha value is -1.77. The molecule has 0 aliphatic carbocycles. The number of carbonyl (C=O) groups excluding carboxylic acids is 1. The molecule has 0 aliphatic heterocycles. The lowest BCUT2D eigenvalue weighted by atomic mass is 10.2. The van der Waals surface area contributed by atoms with Crippen molar-refractivity contribution >= 4 is 12.0 Å². The SMILES string of the molecule is CCCO/C(=C\c1ccccc1)C(=O)OCC. The lowest BCUT2D eigenvalue weighted by molar-refractivity contribution is -0.142. The maximum Gasteiger partial charge on any atom is 0.373 e. The molecule has 0 bridgehead atoms. The van der Waals surface area contributed by atoms with Gasteiger partial charge in [-0.2, -0.15) is 0 Å². The van der Waals surface area contributed by atoms with Gasteiger partial charge in [0.05, 0.1) is 13.2 Å². The molecule has 0 aliphatic rings. The van der Waals surface area contributed by atoms with E-state index in [1.54, 1.807) is 13.0 Å². The van der Waals surface area contributed by atoms with E-state index in [0.29, 0.717) is 13.2 Å². The molecule has 0 aromatic heterocycles. The summed E-state index contributed by atoms with van der Waals surface area (Å²) in [5.74, 6) is -0.148. The molecule has 0 heterocycles. The van der Waals surface area contributed by atoms with Gasteiger partial charge in [-0.25, -0.2) is 4.79 Å². The van der Waals surface area contributed by atoms with Crippen molar-refractivity contribution in [2.45, 2.75) is 20.3 Å². The minimum Gasteiger partial charge on any atom is -0.487 e. The van der Waals surface area contributed by atoms with Crippen molar-refractivity contribution < 1.29 is 14.3 Å². The molecule has 0 saturated carbocycles. The Morgan fingerprint density at radius 2 is 1.88 bits per heavy atom. The minimum absolute atomic E-state index is 0.264. The van der Waals surface area contributed by atoms with Crippen molar-refractivity contribution in [2.75, 3.05) is 13.2 Å². The summed E-state index contributed by atoms with van der Waals surface area (Å²) in [6, 6.07) is 9.57. The summed E-state index contributed by atoms with van der Waals surface area (Å²) in [6.45, 7) is 4.63. The van der Waals surface area contributed by atoms with Gasteiger partial charge < -0.3 is 9.47 Å². The number of carbonyl (C=O) groups is 1. The molecule has 0 unspecified atom stereocenters. The second-order valence-corrected chi connectivity index (χ2v) is 3.49. The Morgan fingerprint density at radius 1 is 1.18 bits per heavy atom. The van der Waals surface area contributed by atoms with Gasteiger partial charge in [0.25, 0.3) is 0 Å². The summed E-state index contributed by atoms with van der Waals surface area (Å²) in [5, 5.41) is 0. The van der Waals surface area contributed by atoms with Crippen molar-refractivity contribution in [1.29, 1.82) is 0 Å². The third-order valence-corrected chi connectivity index (χ3v) is 2.04.